The lowest BCUT2D eigenvalue weighted by Crippen LogP contribution is -2.39. The molecule has 0 saturated heterocycles. The van der Waals surface area contributed by atoms with Gasteiger partial charge in [0.15, 0.2) is 5.78 Å². The van der Waals surface area contributed by atoms with Crippen LogP contribution in [0.4, 0.5) is 4.79 Å². The second-order valence-corrected chi connectivity index (χ2v) is 5.09. The number of rotatable bonds is 2. The molecule has 0 fully saturated rings. The maximum absolute atomic E-state index is 11.5. The third kappa shape index (κ3) is 4.85. The molecule has 4 nitrogen and oxygen atoms in total. The second kappa shape index (κ2) is 5.17. The third-order valence-electron chi connectivity index (χ3n) is 2.23. The predicted octanol–water partition coefficient (Wildman–Crippen LogP) is 2.36. The van der Waals surface area contributed by atoms with Gasteiger partial charge in [0.1, 0.15) is 5.60 Å². The van der Waals surface area contributed by atoms with Gasteiger partial charge in [-0.2, -0.15) is 0 Å². The zero-order valence-corrected chi connectivity index (χ0v) is 10.7. The Hall–Kier alpha value is -1.58. The summed E-state index contributed by atoms with van der Waals surface area (Å²) in [5.41, 5.74) is 0.204. The first kappa shape index (κ1) is 13.5. The van der Waals surface area contributed by atoms with Crippen molar-refractivity contribution >= 4 is 11.9 Å². The molecule has 0 radical (unpaired) electrons. The molecule has 0 spiro atoms. The fourth-order valence-corrected chi connectivity index (χ4v) is 1.50. The fourth-order valence-electron chi connectivity index (χ4n) is 1.50. The number of ether oxygens (including phenoxy) is 1. The highest BCUT2D eigenvalue weighted by Crippen LogP contribution is 2.14. The minimum absolute atomic E-state index is 0.0327. The summed E-state index contributed by atoms with van der Waals surface area (Å²) in [4.78, 5) is 22.7. The summed E-state index contributed by atoms with van der Waals surface area (Å²) in [7, 11) is 0. The summed E-state index contributed by atoms with van der Waals surface area (Å²) in [5, 5.41) is 2.72. The quantitative estimate of drug-likeness (QED) is 0.802. The number of nitrogens with one attached hydrogen (secondary N) is 1. The molecule has 0 aromatic carbocycles. The fraction of sp³-hybridized carbons (Fsp3) is 0.538. The molecular formula is C13H19NO3. The largest absolute Gasteiger partial charge is 0.444 e. The van der Waals surface area contributed by atoms with E-state index >= 15 is 0 Å². The van der Waals surface area contributed by atoms with Gasteiger partial charge in [-0.25, -0.2) is 4.79 Å². The molecular weight excluding hydrogens is 218 g/mol. The molecule has 1 atom stereocenters. The average molecular weight is 237 g/mol. The number of carbonyl (C=O) groups is 2. The van der Waals surface area contributed by atoms with Gasteiger partial charge in [0, 0.05) is 0 Å². The summed E-state index contributed by atoms with van der Waals surface area (Å²) in [5.74, 6) is 0.0327. The van der Waals surface area contributed by atoms with Crippen LogP contribution in [0, 0.1) is 0 Å². The van der Waals surface area contributed by atoms with Gasteiger partial charge in [0.2, 0.25) is 0 Å². The SMILES string of the molecule is CC(=O)C1=CC=C[C@@H](NC(=O)OC(C)(C)C)C1. The Morgan fingerprint density at radius 2 is 2.06 bits per heavy atom. The smallest absolute Gasteiger partial charge is 0.408 e. The summed E-state index contributed by atoms with van der Waals surface area (Å²) < 4.78 is 5.15. The second-order valence-electron chi connectivity index (χ2n) is 5.09. The molecule has 0 saturated carbocycles. The molecule has 1 aliphatic carbocycles. The van der Waals surface area contributed by atoms with E-state index in [0.717, 1.165) is 0 Å². The number of alkyl carbamates (subject to hydrolysis) is 1. The highest BCUT2D eigenvalue weighted by Gasteiger charge is 2.20. The first-order valence-corrected chi connectivity index (χ1v) is 5.66. The van der Waals surface area contributed by atoms with E-state index in [0.29, 0.717) is 12.0 Å². The third-order valence-corrected chi connectivity index (χ3v) is 2.23. The van der Waals surface area contributed by atoms with E-state index in [1.165, 1.54) is 6.92 Å². The van der Waals surface area contributed by atoms with Crippen molar-refractivity contribution in [3.05, 3.63) is 23.8 Å². The van der Waals surface area contributed by atoms with Crippen LogP contribution in [0.3, 0.4) is 0 Å². The standard InChI is InChI=1S/C13H19NO3/c1-9(15)10-6-5-7-11(8-10)14-12(16)17-13(2,3)4/h5-7,11H,8H2,1-4H3,(H,14,16)/t11-/m1/s1. The van der Waals surface area contributed by atoms with Crippen molar-refractivity contribution in [2.45, 2.75) is 45.8 Å². The molecule has 0 bridgehead atoms. The van der Waals surface area contributed by atoms with Crippen LogP contribution >= 0.6 is 0 Å². The van der Waals surface area contributed by atoms with Crippen molar-refractivity contribution in [3.63, 3.8) is 0 Å². The Kier molecular flexibility index (Phi) is 4.10. The van der Waals surface area contributed by atoms with E-state index in [4.69, 9.17) is 4.74 Å². The molecule has 0 aliphatic heterocycles. The number of hydrogen-bond donors (Lipinski definition) is 1. The van der Waals surface area contributed by atoms with Crippen LogP contribution in [0.5, 0.6) is 0 Å². The lowest BCUT2D eigenvalue weighted by Gasteiger charge is -2.23. The summed E-state index contributed by atoms with van der Waals surface area (Å²) in [6.45, 7) is 6.95. The molecule has 94 valence electrons. The molecule has 1 rings (SSSR count). The van der Waals surface area contributed by atoms with Crippen molar-refractivity contribution in [2.24, 2.45) is 0 Å². The topological polar surface area (TPSA) is 55.4 Å². The highest BCUT2D eigenvalue weighted by atomic mass is 16.6. The Morgan fingerprint density at radius 1 is 1.41 bits per heavy atom. The van der Waals surface area contributed by atoms with Gasteiger partial charge in [0.25, 0.3) is 0 Å². The monoisotopic (exact) mass is 237 g/mol. The van der Waals surface area contributed by atoms with Crippen LogP contribution < -0.4 is 5.32 Å². The zero-order chi connectivity index (χ0) is 13.1. The Bertz CT molecular complexity index is 375. The van der Waals surface area contributed by atoms with Crippen LogP contribution in [0.15, 0.2) is 23.8 Å². The van der Waals surface area contributed by atoms with Crippen LogP contribution in [-0.2, 0) is 9.53 Å². The van der Waals surface area contributed by atoms with Crippen molar-refractivity contribution in [1.82, 2.24) is 5.32 Å². The number of Topliss-reactive ketones (excluding diaryl/α,β-unsaturated/α-hetero) is 1. The molecule has 1 N–H and O–H groups in total. The van der Waals surface area contributed by atoms with Crippen LogP contribution in [0.25, 0.3) is 0 Å². The number of allylic oxidation sites excluding steroid dienone is 2. The van der Waals surface area contributed by atoms with E-state index in [1.807, 2.05) is 26.8 Å². The maximum Gasteiger partial charge on any atom is 0.408 e. The van der Waals surface area contributed by atoms with Crippen molar-refractivity contribution < 1.29 is 14.3 Å². The summed E-state index contributed by atoms with van der Waals surface area (Å²) >= 11 is 0. The van der Waals surface area contributed by atoms with E-state index in [9.17, 15) is 9.59 Å². The molecule has 0 aromatic rings. The number of ketones is 1. The summed E-state index contributed by atoms with van der Waals surface area (Å²) in [6.07, 6.45) is 5.45. The van der Waals surface area contributed by atoms with Gasteiger partial charge in [-0.1, -0.05) is 18.2 Å². The highest BCUT2D eigenvalue weighted by molar-refractivity contribution is 5.94. The van der Waals surface area contributed by atoms with Crippen molar-refractivity contribution in [2.75, 3.05) is 0 Å². The first-order valence-electron chi connectivity index (χ1n) is 5.66. The molecule has 1 amide bonds. The van der Waals surface area contributed by atoms with Gasteiger partial charge in [-0.15, -0.1) is 0 Å². The van der Waals surface area contributed by atoms with E-state index in [1.54, 1.807) is 12.2 Å². The minimum Gasteiger partial charge on any atom is -0.444 e. The van der Waals surface area contributed by atoms with E-state index in [2.05, 4.69) is 5.32 Å². The predicted molar refractivity (Wildman–Crippen MR) is 65.7 cm³/mol. The molecule has 17 heavy (non-hydrogen) atoms. The maximum atomic E-state index is 11.5. The van der Waals surface area contributed by atoms with Crippen LogP contribution in [0.1, 0.15) is 34.1 Å². The number of amides is 1. The molecule has 1 aliphatic rings. The van der Waals surface area contributed by atoms with Crippen LogP contribution in [-0.4, -0.2) is 23.5 Å². The minimum atomic E-state index is -0.512. The zero-order valence-electron chi connectivity index (χ0n) is 10.7. The normalized spacial score (nSPS) is 19.5. The van der Waals surface area contributed by atoms with E-state index < -0.39 is 11.7 Å². The van der Waals surface area contributed by atoms with Gasteiger partial charge >= 0.3 is 6.09 Å². The molecule has 0 heterocycles. The summed E-state index contributed by atoms with van der Waals surface area (Å²) in [6, 6.07) is -0.172. The average Bonchev–Trinajstić information content (AvgIpc) is 2.14. The van der Waals surface area contributed by atoms with Gasteiger partial charge in [0.05, 0.1) is 6.04 Å². The number of carbonyl (C=O) groups excluding carboxylic acids is 2. The Labute approximate surface area is 102 Å². The lowest BCUT2D eigenvalue weighted by atomic mass is 9.98. The Morgan fingerprint density at radius 3 is 2.59 bits per heavy atom. The van der Waals surface area contributed by atoms with E-state index in [-0.39, 0.29) is 11.8 Å². The van der Waals surface area contributed by atoms with Crippen molar-refractivity contribution in [3.8, 4) is 0 Å². The Balaban J connectivity index is 2.50. The molecule has 4 heteroatoms. The molecule has 0 unspecified atom stereocenters. The van der Waals surface area contributed by atoms with Gasteiger partial charge in [-0.3, -0.25) is 4.79 Å². The van der Waals surface area contributed by atoms with Crippen molar-refractivity contribution in [1.29, 1.82) is 0 Å². The van der Waals surface area contributed by atoms with Gasteiger partial charge in [-0.05, 0) is 39.7 Å². The lowest BCUT2D eigenvalue weighted by molar-refractivity contribution is -0.113. The van der Waals surface area contributed by atoms with Crippen LogP contribution in [0.2, 0.25) is 0 Å². The van der Waals surface area contributed by atoms with Gasteiger partial charge < -0.3 is 10.1 Å². The molecule has 0 aromatic heterocycles. The first-order chi connectivity index (χ1) is 7.78. The number of hydrogen-bond acceptors (Lipinski definition) is 3.